The molecule has 2 fully saturated rings. The van der Waals surface area contributed by atoms with Gasteiger partial charge >= 0.3 is 0 Å². The molecule has 0 aliphatic carbocycles. The first-order valence-corrected chi connectivity index (χ1v) is 14.2. The molecule has 3 aliphatic rings. The van der Waals surface area contributed by atoms with Crippen LogP contribution in [0.1, 0.15) is 43.7 Å². The second-order valence-corrected chi connectivity index (χ2v) is 11.3. The van der Waals surface area contributed by atoms with E-state index in [1.165, 1.54) is 36.4 Å². The van der Waals surface area contributed by atoms with Gasteiger partial charge in [0.25, 0.3) is 11.8 Å². The molecule has 2 saturated heterocycles. The zero-order chi connectivity index (χ0) is 30.2. The molecule has 1 atom stereocenters. The lowest BCUT2D eigenvalue weighted by molar-refractivity contribution is -0.161. The molecule has 5 rings (SSSR count). The average molecular weight is 645 g/mol. The van der Waals surface area contributed by atoms with Crippen molar-refractivity contribution in [3.8, 4) is 11.8 Å². The van der Waals surface area contributed by atoms with Crippen molar-refractivity contribution in [2.45, 2.75) is 44.7 Å². The van der Waals surface area contributed by atoms with Crippen LogP contribution < -0.4 is 5.32 Å². The molecule has 0 bridgehead atoms. The van der Waals surface area contributed by atoms with Gasteiger partial charge in [0.2, 0.25) is 5.91 Å². The molecule has 2 aromatic rings. The largest absolute Gasteiger partial charge is 0.498 e. The fraction of sp³-hybridized carbons (Fsp3) is 0.367. The maximum absolute atomic E-state index is 15.3. The van der Waals surface area contributed by atoms with Gasteiger partial charge in [-0.2, -0.15) is 0 Å². The molecule has 220 valence electrons. The van der Waals surface area contributed by atoms with Gasteiger partial charge in [-0.05, 0) is 66.4 Å². The number of likely N-dealkylation sites (tertiary alicyclic amines) is 1. The Morgan fingerprint density at radius 3 is 2.60 bits per heavy atom. The van der Waals surface area contributed by atoms with Gasteiger partial charge in [0, 0.05) is 30.8 Å². The van der Waals surface area contributed by atoms with E-state index in [0.717, 1.165) is 12.5 Å². The van der Waals surface area contributed by atoms with E-state index in [-0.39, 0.29) is 51.6 Å². The molecule has 3 aliphatic heterocycles. The van der Waals surface area contributed by atoms with Crippen molar-refractivity contribution in [3.63, 3.8) is 0 Å². The third-order valence-corrected chi connectivity index (χ3v) is 8.46. The first kappa shape index (κ1) is 29.7. The second kappa shape index (κ2) is 11.8. The van der Waals surface area contributed by atoms with E-state index < -0.39 is 34.8 Å². The summed E-state index contributed by atoms with van der Waals surface area (Å²) in [6.07, 6.45) is 2.40. The van der Waals surface area contributed by atoms with E-state index >= 15 is 8.78 Å². The van der Waals surface area contributed by atoms with Gasteiger partial charge in [0.1, 0.15) is 17.1 Å². The van der Waals surface area contributed by atoms with E-state index in [1.807, 2.05) is 6.92 Å². The van der Waals surface area contributed by atoms with Crippen LogP contribution in [0.4, 0.5) is 18.9 Å². The number of carbonyl (C=O) groups is 3. The quantitative estimate of drug-likeness (QED) is 0.370. The number of anilines is 1. The Morgan fingerprint density at radius 1 is 1.12 bits per heavy atom. The highest BCUT2D eigenvalue weighted by Gasteiger charge is 2.53. The van der Waals surface area contributed by atoms with Crippen molar-refractivity contribution in [2.24, 2.45) is 0 Å². The summed E-state index contributed by atoms with van der Waals surface area (Å²) in [7, 11) is 1.36. The molecular formula is C30H28BrF3N4O4. The van der Waals surface area contributed by atoms with Crippen LogP contribution in [-0.4, -0.2) is 64.9 Å². The summed E-state index contributed by atoms with van der Waals surface area (Å²) in [6.45, 7) is 2.59. The summed E-state index contributed by atoms with van der Waals surface area (Å²) in [4.78, 5) is 40.6. The molecular weight excluding hydrogens is 617 g/mol. The fourth-order valence-electron chi connectivity index (χ4n) is 5.69. The molecule has 2 aromatic carbocycles. The maximum atomic E-state index is 15.3. The zero-order valence-electron chi connectivity index (χ0n) is 23.0. The van der Waals surface area contributed by atoms with Crippen molar-refractivity contribution in [3.05, 3.63) is 74.7 Å². The number of carbonyl (C=O) groups excluding carboxylic acids is 3. The molecule has 8 nitrogen and oxygen atoms in total. The summed E-state index contributed by atoms with van der Waals surface area (Å²) >= 11 is 3.06. The number of hydrazine groups is 1. The van der Waals surface area contributed by atoms with E-state index in [2.05, 4.69) is 33.1 Å². The molecule has 0 aromatic heterocycles. The second-order valence-electron chi connectivity index (χ2n) is 10.5. The van der Waals surface area contributed by atoms with Crippen molar-refractivity contribution in [1.29, 1.82) is 0 Å². The van der Waals surface area contributed by atoms with E-state index in [4.69, 9.17) is 4.74 Å². The van der Waals surface area contributed by atoms with E-state index in [1.54, 1.807) is 9.91 Å². The number of ether oxygens (including phenoxy) is 1. The van der Waals surface area contributed by atoms with Crippen LogP contribution in [0, 0.1) is 29.3 Å². The Morgan fingerprint density at radius 2 is 1.90 bits per heavy atom. The maximum Gasteiger partial charge on any atom is 0.277 e. The van der Waals surface area contributed by atoms with Crippen molar-refractivity contribution >= 4 is 39.3 Å². The minimum atomic E-state index is -1.16. The smallest absolute Gasteiger partial charge is 0.277 e. The van der Waals surface area contributed by atoms with Crippen LogP contribution in [0.2, 0.25) is 0 Å². The average Bonchev–Trinajstić information content (AvgIpc) is 3.56. The van der Waals surface area contributed by atoms with Gasteiger partial charge in [0.15, 0.2) is 11.6 Å². The molecule has 0 saturated carbocycles. The third kappa shape index (κ3) is 5.39. The number of fused-ring (bicyclic) bond motifs is 1. The van der Waals surface area contributed by atoms with Crippen LogP contribution in [0.25, 0.3) is 0 Å². The Balaban J connectivity index is 1.43. The molecule has 1 N–H and O–H groups in total. The highest BCUT2D eigenvalue weighted by atomic mass is 79.9. The number of amides is 3. The minimum absolute atomic E-state index is 0.0193. The monoisotopic (exact) mass is 644 g/mol. The zero-order valence-corrected chi connectivity index (χ0v) is 24.6. The Hall–Kier alpha value is -3.82. The van der Waals surface area contributed by atoms with Crippen molar-refractivity contribution in [1.82, 2.24) is 14.9 Å². The van der Waals surface area contributed by atoms with Crippen LogP contribution in [0.5, 0.6) is 0 Å². The highest BCUT2D eigenvalue weighted by Crippen LogP contribution is 2.43. The lowest BCUT2D eigenvalue weighted by Crippen LogP contribution is -2.60. The number of nitrogens with zero attached hydrogens (tertiary/aromatic N) is 3. The van der Waals surface area contributed by atoms with Crippen molar-refractivity contribution < 1.29 is 32.3 Å². The highest BCUT2D eigenvalue weighted by molar-refractivity contribution is 9.10. The first-order chi connectivity index (χ1) is 20.0. The van der Waals surface area contributed by atoms with Gasteiger partial charge in [0.05, 0.1) is 35.8 Å². The number of rotatable bonds is 6. The first-order valence-electron chi connectivity index (χ1n) is 13.4. The predicted octanol–water partition coefficient (Wildman–Crippen LogP) is 4.49. The molecule has 0 radical (unpaired) electrons. The van der Waals surface area contributed by atoms with Gasteiger partial charge in [-0.25, -0.2) is 18.2 Å². The summed E-state index contributed by atoms with van der Waals surface area (Å²) in [5, 5.41) is 5.49. The normalized spacial score (nSPS) is 20.5. The number of hydrogen-bond acceptors (Lipinski definition) is 5. The molecule has 0 spiro atoms. The lowest BCUT2D eigenvalue weighted by Gasteiger charge is -2.47. The number of methoxy groups -OCH3 is 1. The Labute approximate surface area is 249 Å². The lowest BCUT2D eigenvalue weighted by atomic mass is 9.90. The third-order valence-electron chi connectivity index (χ3n) is 7.81. The van der Waals surface area contributed by atoms with Gasteiger partial charge < -0.3 is 15.0 Å². The summed E-state index contributed by atoms with van der Waals surface area (Å²) in [6, 6.07) is 6.68. The SMILES string of the molecule is COC1=C(C(=O)Nc2ccc(Br)c(F)c2)C(=O)N(Cc2ccc(C#CCN3CCCC3=O)c(F)c2F)N2CCCC12C. The van der Waals surface area contributed by atoms with Crippen molar-refractivity contribution in [2.75, 3.05) is 32.1 Å². The summed E-state index contributed by atoms with van der Waals surface area (Å²) in [5.41, 5.74) is -1.36. The van der Waals surface area contributed by atoms with Crippen LogP contribution in [-0.2, 0) is 25.7 Å². The summed E-state index contributed by atoms with van der Waals surface area (Å²) in [5.74, 6) is 0.940. The molecule has 12 heteroatoms. The molecule has 3 heterocycles. The van der Waals surface area contributed by atoms with E-state index in [9.17, 15) is 18.8 Å². The number of halogens is 4. The fourth-order valence-corrected chi connectivity index (χ4v) is 5.94. The number of benzene rings is 2. The molecule has 3 amide bonds. The summed E-state index contributed by atoms with van der Waals surface area (Å²) < 4.78 is 50.3. The van der Waals surface area contributed by atoms with Crippen LogP contribution in [0.15, 0.2) is 46.1 Å². The van der Waals surface area contributed by atoms with Gasteiger partial charge in [-0.3, -0.25) is 19.4 Å². The Bertz CT molecular complexity index is 1570. The Kier molecular flexibility index (Phi) is 8.35. The number of hydrogen-bond donors (Lipinski definition) is 1. The van der Waals surface area contributed by atoms with Gasteiger partial charge in [-0.1, -0.05) is 17.9 Å². The van der Waals surface area contributed by atoms with Gasteiger partial charge in [-0.15, -0.1) is 0 Å². The minimum Gasteiger partial charge on any atom is -0.498 e. The van der Waals surface area contributed by atoms with E-state index in [0.29, 0.717) is 32.4 Å². The molecule has 1 unspecified atom stereocenters. The number of nitrogens with one attached hydrogen (secondary N) is 1. The van der Waals surface area contributed by atoms with Crippen LogP contribution in [0.3, 0.4) is 0 Å². The topological polar surface area (TPSA) is 82.2 Å². The predicted molar refractivity (Wildman–Crippen MR) is 151 cm³/mol. The standard InChI is InChI=1S/C30H28BrF3N4O4/c1-30-12-5-15-38(30)37(29(41)24(27(30)42-2)28(40)35-20-10-11-21(31)22(32)16-20)17-19-9-8-18(25(33)26(19)34)6-3-13-36-14-4-7-23(36)39/h8-11,16H,4-5,7,12-15,17H2,1-2H3,(H,35,40). The van der Waals surface area contributed by atoms with Crippen LogP contribution >= 0.6 is 15.9 Å². The molecule has 42 heavy (non-hydrogen) atoms.